The Hall–Kier alpha value is -1.10. The van der Waals surface area contributed by atoms with Crippen LogP contribution in [0.2, 0.25) is 0 Å². The zero-order valence-electron chi connectivity index (χ0n) is 25.7. The molecule has 202 valence electrons. The van der Waals surface area contributed by atoms with Crippen LogP contribution in [0.1, 0.15) is 138 Å². The zero-order chi connectivity index (χ0) is 26.8. The summed E-state index contributed by atoms with van der Waals surface area (Å²) in [5.74, 6) is 2.69. The van der Waals surface area contributed by atoms with Crippen LogP contribution in [0.5, 0.6) is 0 Å². The summed E-state index contributed by atoms with van der Waals surface area (Å²) >= 11 is 0. The van der Waals surface area contributed by atoms with Crippen molar-refractivity contribution in [1.29, 1.82) is 0 Å². The molecule has 2 heteroatoms. The number of halogens is 1. The van der Waals surface area contributed by atoms with Gasteiger partial charge in [0, 0.05) is 17.5 Å². The van der Waals surface area contributed by atoms with Gasteiger partial charge in [0.2, 0.25) is 0 Å². The van der Waals surface area contributed by atoms with E-state index in [-0.39, 0.29) is 34.1 Å². The lowest BCUT2D eigenvalue weighted by atomic mass is 9.80. The summed E-state index contributed by atoms with van der Waals surface area (Å²) in [6.45, 7) is 30.6. The second-order valence-corrected chi connectivity index (χ2v) is 16.6. The molecule has 0 aliphatic rings. The standard InChI is InChI=1S/C34H54P.ClH/c1-14-15-16-17-22-35(29-20-18-25(31(2,3)4)23-27(29)33(8,9)10)30-21-19-26(32(5,6)7)24-28(30)34(11,12)13;/h18-24H,14-17H2,1-13H3;1H/q+1;/p-1. The van der Waals surface area contributed by atoms with Gasteiger partial charge in [-0.05, 0) is 51.3 Å². The molecule has 2 rings (SSSR count). The Morgan fingerprint density at radius 3 is 1.28 bits per heavy atom. The predicted octanol–water partition coefficient (Wildman–Crippen LogP) is 6.70. The molecule has 2 aromatic rings. The second kappa shape index (κ2) is 12.2. The smallest absolute Gasteiger partial charge is 0.166 e. The molecule has 0 heterocycles. The van der Waals surface area contributed by atoms with Crippen LogP contribution in [0.15, 0.2) is 36.4 Å². The van der Waals surface area contributed by atoms with Crippen molar-refractivity contribution < 1.29 is 12.4 Å². The molecule has 36 heavy (non-hydrogen) atoms. The average molecular weight is 529 g/mol. The van der Waals surface area contributed by atoms with Gasteiger partial charge in [0.05, 0.1) is 5.80 Å². The van der Waals surface area contributed by atoms with Crippen LogP contribution in [-0.4, -0.2) is 5.80 Å². The number of hydrogen-bond donors (Lipinski definition) is 0. The summed E-state index contributed by atoms with van der Waals surface area (Å²) in [5.41, 5.74) is 6.40. The van der Waals surface area contributed by atoms with E-state index in [0.717, 1.165) is 0 Å². The lowest BCUT2D eigenvalue weighted by molar-refractivity contribution is -0.00000907. The fourth-order valence-corrected chi connectivity index (χ4v) is 7.45. The molecule has 0 nitrogen and oxygen atoms in total. The molecule has 0 aromatic heterocycles. The van der Waals surface area contributed by atoms with E-state index >= 15 is 0 Å². The van der Waals surface area contributed by atoms with E-state index in [0.29, 0.717) is 0 Å². The molecule has 0 unspecified atom stereocenters. The van der Waals surface area contributed by atoms with Crippen molar-refractivity contribution in [2.24, 2.45) is 0 Å². The number of benzene rings is 2. The van der Waals surface area contributed by atoms with Crippen molar-refractivity contribution in [3.05, 3.63) is 58.7 Å². The first-order chi connectivity index (χ1) is 15.9. The lowest BCUT2D eigenvalue weighted by Gasteiger charge is -2.27. The monoisotopic (exact) mass is 528 g/mol. The predicted molar refractivity (Wildman–Crippen MR) is 164 cm³/mol. The first kappa shape index (κ1) is 32.9. The van der Waals surface area contributed by atoms with Crippen molar-refractivity contribution in [3.8, 4) is 0 Å². The minimum Gasteiger partial charge on any atom is -1.00 e. The normalized spacial score (nSPS) is 12.8. The third kappa shape index (κ3) is 8.46. The fraction of sp³-hybridized carbons (Fsp3) is 0.618. The molecular weight excluding hydrogens is 475 g/mol. The van der Waals surface area contributed by atoms with Gasteiger partial charge in [-0.3, -0.25) is 0 Å². The van der Waals surface area contributed by atoms with Crippen LogP contribution in [0.25, 0.3) is 0 Å². The summed E-state index contributed by atoms with van der Waals surface area (Å²) in [5, 5.41) is 3.09. The maximum Gasteiger partial charge on any atom is 0.166 e. The Bertz CT molecular complexity index is 953. The van der Waals surface area contributed by atoms with E-state index in [1.165, 1.54) is 47.9 Å². The Kier molecular flexibility index (Phi) is 11.1. The Balaban J connectivity index is 0.00000648. The lowest BCUT2D eigenvalue weighted by Crippen LogP contribution is -3.00. The van der Waals surface area contributed by atoms with E-state index in [9.17, 15) is 0 Å². The second-order valence-electron chi connectivity index (χ2n) is 14.5. The summed E-state index contributed by atoms with van der Waals surface area (Å²) in [6.07, 6.45) is 5.05. The fourth-order valence-electron chi connectivity index (χ4n) is 4.57. The van der Waals surface area contributed by atoms with Gasteiger partial charge in [-0.25, -0.2) is 0 Å². The molecule has 0 N–H and O–H groups in total. The molecule has 0 saturated carbocycles. The molecule has 0 fully saturated rings. The van der Waals surface area contributed by atoms with Crippen molar-refractivity contribution in [2.45, 2.75) is 137 Å². The maximum atomic E-state index is 2.69. The average Bonchev–Trinajstić information content (AvgIpc) is 2.70. The van der Waals surface area contributed by atoms with Gasteiger partial charge in [-0.1, -0.05) is 127 Å². The number of unbranched alkanes of at least 4 members (excludes halogenated alkanes) is 3. The van der Waals surface area contributed by atoms with E-state index < -0.39 is 7.55 Å². The van der Waals surface area contributed by atoms with Crippen molar-refractivity contribution in [1.82, 2.24) is 0 Å². The quantitative estimate of drug-likeness (QED) is 0.289. The summed E-state index contributed by atoms with van der Waals surface area (Å²) in [6, 6.07) is 14.8. The van der Waals surface area contributed by atoms with Gasteiger partial charge in [0.1, 0.15) is 0 Å². The van der Waals surface area contributed by atoms with Crippen LogP contribution in [0.4, 0.5) is 0 Å². The highest BCUT2D eigenvalue weighted by Gasteiger charge is 2.34. The van der Waals surface area contributed by atoms with E-state index in [1.807, 2.05) is 0 Å². The highest BCUT2D eigenvalue weighted by Crippen LogP contribution is 2.38. The Labute approximate surface area is 231 Å². The molecule has 0 aliphatic heterocycles. The largest absolute Gasteiger partial charge is 1.00 e. The molecule has 0 aliphatic carbocycles. The highest BCUT2D eigenvalue weighted by atomic mass is 35.5. The highest BCUT2D eigenvalue weighted by molar-refractivity contribution is 7.72. The summed E-state index contributed by atoms with van der Waals surface area (Å²) < 4.78 is 0. The van der Waals surface area contributed by atoms with E-state index in [1.54, 1.807) is 10.6 Å². The van der Waals surface area contributed by atoms with E-state index in [4.69, 9.17) is 0 Å². The third-order valence-corrected chi connectivity index (χ3v) is 9.42. The summed E-state index contributed by atoms with van der Waals surface area (Å²) in [7, 11) is -0.559. The third-order valence-electron chi connectivity index (χ3n) is 6.98. The van der Waals surface area contributed by atoms with Gasteiger partial charge in [0.25, 0.3) is 0 Å². The molecule has 2 aromatic carbocycles. The van der Waals surface area contributed by atoms with Crippen molar-refractivity contribution in [3.63, 3.8) is 0 Å². The molecular formula is C34H54ClP. The number of rotatable bonds is 6. The topological polar surface area (TPSA) is 0 Å². The minimum absolute atomic E-state index is 0. The van der Waals surface area contributed by atoms with Crippen LogP contribution in [0, 0.1) is 0 Å². The summed E-state index contributed by atoms with van der Waals surface area (Å²) in [4.78, 5) is 0. The SMILES string of the molecule is CCCCCC=[P+](c1ccc(C(C)(C)C)cc1C(C)(C)C)c1ccc(C(C)(C)C)cc1C(C)(C)C.[Cl-]. The molecule has 0 amide bonds. The Morgan fingerprint density at radius 1 is 0.583 bits per heavy atom. The molecule has 0 spiro atoms. The van der Waals surface area contributed by atoms with Gasteiger partial charge < -0.3 is 12.4 Å². The minimum atomic E-state index is -0.559. The molecule has 0 bridgehead atoms. The molecule has 0 radical (unpaired) electrons. The first-order valence-corrected chi connectivity index (χ1v) is 15.2. The van der Waals surface area contributed by atoms with E-state index in [2.05, 4.69) is 132 Å². The molecule has 0 saturated heterocycles. The zero-order valence-corrected chi connectivity index (χ0v) is 27.3. The Morgan fingerprint density at radius 2 is 0.972 bits per heavy atom. The number of hydrogen-bond acceptors (Lipinski definition) is 0. The van der Waals surface area contributed by atoms with Gasteiger partial charge in [0.15, 0.2) is 18.2 Å². The molecule has 0 atom stereocenters. The van der Waals surface area contributed by atoms with Crippen molar-refractivity contribution in [2.75, 3.05) is 0 Å². The van der Waals surface area contributed by atoms with Crippen LogP contribution in [0.3, 0.4) is 0 Å². The van der Waals surface area contributed by atoms with Gasteiger partial charge in [-0.2, -0.15) is 0 Å². The van der Waals surface area contributed by atoms with Crippen LogP contribution < -0.4 is 23.0 Å². The van der Waals surface area contributed by atoms with Crippen molar-refractivity contribution >= 4 is 24.0 Å². The van der Waals surface area contributed by atoms with Crippen LogP contribution >= 0.6 is 7.55 Å². The first-order valence-electron chi connectivity index (χ1n) is 13.8. The van der Waals surface area contributed by atoms with Gasteiger partial charge >= 0.3 is 0 Å². The van der Waals surface area contributed by atoms with Gasteiger partial charge in [-0.15, -0.1) is 0 Å². The van der Waals surface area contributed by atoms with Crippen LogP contribution in [-0.2, 0) is 21.7 Å². The maximum absolute atomic E-state index is 2.69.